The van der Waals surface area contributed by atoms with Crippen LogP contribution in [0.2, 0.25) is 0 Å². The molecular weight excluding hydrogens is 360 g/mol. The van der Waals surface area contributed by atoms with Gasteiger partial charge in [-0.15, -0.1) is 0 Å². The summed E-state index contributed by atoms with van der Waals surface area (Å²) < 4.78 is 0. The van der Waals surface area contributed by atoms with Crippen molar-refractivity contribution in [3.05, 3.63) is 60.2 Å². The highest BCUT2D eigenvalue weighted by atomic mass is 16.2. The number of rotatable bonds is 3. The second-order valence-electron chi connectivity index (χ2n) is 9.02. The van der Waals surface area contributed by atoms with E-state index in [-0.39, 0.29) is 5.91 Å². The third-order valence-electron chi connectivity index (χ3n) is 7.38. The number of likely N-dealkylation sites (tertiary alicyclic amines) is 2. The number of aromatic nitrogens is 2. The fourth-order valence-corrected chi connectivity index (χ4v) is 5.96. The van der Waals surface area contributed by atoms with Gasteiger partial charge < -0.3 is 4.90 Å². The molecule has 2 aromatic rings. The van der Waals surface area contributed by atoms with Gasteiger partial charge in [-0.2, -0.15) is 0 Å². The Labute approximate surface area is 173 Å². The van der Waals surface area contributed by atoms with E-state index in [2.05, 4.69) is 45.2 Å². The third kappa shape index (κ3) is 3.46. The quantitative estimate of drug-likeness (QED) is 0.792. The molecule has 1 aliphatic carbocycles. The van der Waals surface area contributed by atoms with Crippen molar-refractivity contribution in [2.75, 3.05) is 19.6 Å². The van der Waals surface area contributed by atoms with Gasteiger partial charge in [-0.05, 0) is 31.2 Å². The molecule has 152 valence electrons. The van der Waals surface area contributed by atoms with Gasteiger partial charge in [-0.25, -0.2) is 4.98 Å². The van der Waals surface area contributed by atoms with Gasteiger partial charge in [0.15, 0.2) is 0 Å². The largest absolute Gasteiger partial charge is 0.337 e. The van der Waals surface area contributed by atoms with Crippen LogP contribution in [0.4, 0.5) is 0 Å². The molecule has 3 aliphatic rings. The number of amides is 1. The van der Waals surface area contributed by atoms with Crippen LogP contribution in [0.1, 0.15) is 67.0 Å². The maximum absolute atomic E-state index is 12.7. The molecule has 1 atom stereocenters. The Morgan fingerprint density at radius 1 is 1.00 bits per heavy atom. The van der Waals surface area contributed by atoms with Gasteiger partial charge in [0.2, 0.25) is 0 Å². The number of carbonyl (C=O) groups is 1. The SMILES string of the molecule is O=C(c1cnccn1)N1CCC(N2CC3(CCCCC3)C2c2ccccc2)CC1. The summed E-state index contributed by atoms with van der Waals surface area (Å²) in [4.78, 5) is 25.6. The van der Waals surface area contributed by atoms with Crippen molar-refractivity contribution in [3.63, 3.8) is 0 Å². The lowest BCUT2D eigenvalue weighted by Crippen LogP contribution is -2.63. The van der Waals surface area contributed by atoms with Crippen molar-refractivity contribution in [1.82, 2.24) is 19.8 Å². The first kappa shape index (κ1) is 18.7. The van der Waals surface area contributed by atoms with Crippen molar-refractivity contribution >= 4 is 5.91 Å². The number of carbonyl (C=O) groups excluding carboxylic acids is 1. The normalized spacial score (nSPS) is 25.0. The average Bonchev–Trinajstić information content (AvgIpc) is 2.79. The number of hydrogen-bond donors (Lipinski definition) is 0. The zero-order chi connectivity index (χ0) is 19.7. The maximum atomic E-state index is 12.7. The molecule has 2 aliphatic heterocycles. The van der Waals surface area contributed by atoms with Gasteiger partial charge >= 0.3 is 0 Å². The standard InChI is InChI=1S/C24H30N4O/c29-23(21-17-25-13-14-26-21)27-15-9-20(10-16-27)28-18-24(11-5-2-6-12-24)22(28)19-7-3-1-4-8-19/h1,3-4,7-8,13-14,17,20,22H,2,5-6,9-12,15-16,18H2. The molecular formula is C24H30N4O. The highest BCUT2D eigenvalue weighted by molar-refractivity contribution is 5.92. The van der Waals surface area contributed by atoms with Crippen molar-refractivity contribution in [1.29, 1.82) is 0 Å². The molecule has 1 unspecified atom stereocenters. The van der Waals surface area contributed by atoms with Crippen LogP contribution in [0.25, 0.3) is 0 Å². The number of benzene rings is 1. The molecule has 1 aromatic heterocycles. The molecule has 5 heteroatoms. The lowest BCUT2D eigenvalue weighted by Gasteiger charge is -2.63. The van der Waals surface area contributed by atoms with Crippen molar-refractivity contribution < 1.29 is 4.79 Å². The molecule has 5 rings (SSSR count). The predicted octanol–water partition coefficient (Wildman–Crippen LogP) is 4.09. The minimum atomic E-state index is 0.0171. The highest BCUT2D eigenvalue weighted by Gasteiger charge is 2.54. The molecule has 3 heterocycles. The summed E-state index contributed by atoms with van der Waals surface area (Å²) in [6.07, 6.45) is 13.8. The predicted molar refractivity (Wildman–Crippen MR) is 112 cm³/mol. The first-order chi connectivity index (χ1) is 14.3. The smallest absolute Gasteiger partial charge is 0.274 e. The second kappa shape index (κ2) is 7.86. The van der Waals surface area contributed by atoms with Crippen LogP contribution >= 0.6 is 0 Å². The van der Waals surface area contributed by atoms with E-state index < -0.39 is 0 Å². The molecule has 5 nitrogen and oxygen atoms in total. The first-order valence-electron chi connectivity index (χ1n) is 11.1. The van der Waals surface area contributed by atoms with Gasteiger partial charge in [0, 0.05) is 49.5 Å². The number of piperidine rings is 1. The fraction of sp³-hybridized carbons (Fsp3) is 0.542. The topological polar surface area (TPSA) is 49.3 Å². The Hall–Kier alpha value is -2.27. The Morgan fingerprint density at radius 3 is 2.45 bits per heavy atom. The zero-order valence-corrected chi connectivity index (χ0v) is 17.0. The van der Waals surface area contributed by atoms with Crippen LogP contribution in [-0.2, 0) is 0 Å². The van der Waals surface area contributed by atoms with E-state index in [0.29, 0.717) is 23.2 Å². The lowest BCUT2D eigenvalue weighted by atomic mass is 9.60. The van der Waals surface area contributed by atoms with Crippen LogP contribution in [-0.4, -0.2) is 51.4 Å². The second-order valence-corrected chi connectivity index (χ2v) is 9.02. The van der Waals surface area contributed by atoms with E-state index in [9.17, 15) is 4.79 Å². The van der Waals surface area contributed by atoms with E-state index in [4.69, 9.17) is 0 Å². The van der Waals surface area contributed by atoms with Gasteiger partial charge in [-0.1, -0.05) is 49.6 Å². The summed E-state index contributed by atoms with van der Waals surface area (Å²) in [5.74, 6) is 0.0171. The summed E-state index contributed by atoms with van der Waals surface area (Å²) in [6.45, 7) is 2.85. The number of hydrogen-bond acceptors (Lipinski definition) is 4. The van der Waals surface area contributed by atoms with Crippen LogP contribution in [0.15, 0.2) is 48.9 Å². The van der Waals surface area contributed by atoms with E-state index in [0.717, 1.165) is 25.9 Å². The Balaban J connectivity index is 1.28. The molecule has 29 heavy (non-hydrogen) atoms. The molecule has 0 bridgehead atoms. The van der Waals surface area contributed by atoms with Gasteiger partial charge in [0.1, 0.15) is 5.69 Å². The minimum absolute atomic E-state index is 0.0171. The highest BCUT2D eigenvalue weighted by Crippen LogP contribution is 2.58. The summed E-state index contributed by atoms with van der Waals surface area (Å²) in [5.41, 5.74) is 2.42. The molecule has 2 saturated heterocycles. The van der Waals surface area contributed by atoms with Crippen molar-refractivity contribution in [2.24, 2.45) is 5.41 Å². The van der Waals surface area contributed by atoms with Gasteiger partial charge in [0.25, 0.3) is 5.91 Å². The fourth-order valence-electron chi connectivity index (χ4n) is 5.96. The summed E-state index contributed by atoms with van der Waals surface area (Å²) >= 11 is 0. The zero-order valence-electron chi connectivity index (χ0n) is 17.0. The Kier molecular flexibility index (Phi) is 5.08. The molecule has 0 N–H and O–H groups in total. The van der Waals surface area contributed by atoms with Crippen LogP contribution < -0.4 is 0 Å². The third-order valence-corrected chi connectivity index (χ3v) is 7.38. The van der Waals surface area contributed by atoms with E-state index in [1.165, 1.54) is 44.2 Å². The minimum Gasteiger partial charge on any atom is -0.337 e. The van der Waals surface area contributed by atoms with Crippen LogP contribution in [0.5, 0.6) is 0 Å². The van der Waals surface area contributed by atoms with Crippen molar-refractivity contribution in [2.45, 2.75) is 57.0 Å². The van der Waals surface area contributed by atoms with Crippen LogP contribution in [0, 0.1) is 5.41 Å². The average molecular weight is 391 g/mol. The Morgan fingerprint density at radius 2 is 1.76 bits per heavy atom. The molecule has 1 spiro atoms. The summed E-state index contributed by atoms with van der Waals surface area (Å²) in [7, 11) is 0. The molecule has 3 fully saturated rings. The molecule has 1 saturated carbocycles. The van der Waals surface area contributed by atoms with Gasteiger partial charge in [-0.3, -0.25) is 14.7 Å². The molecule has 1 amide bonds. The lowest BCUT2D eigenvalue weighted by molar-refractivity contribution is -0.132. The molecule has 0 radical (unpaired) electrons. The van der Waals surface area contributed by atoms with Crippen molar-refractivity contribution in [3.8, 4) is 0 Å². The summed E-state index contributed by atoms with van der Waals surface area (Å²) in [6, 6.07) is 12.3. The first-order valence-corrected chi connectivity index (χ1v) is 11.1. The van der Waals surface area contributed by atoms with E-state index in [1.54, 1.807) is 18.6 Å². The molecule has 1 aromatic carbocycles. The van der Waals surface area contributed by atoms with E-state index >= 15 is 0 Å². The maximum Gasteiger partial charge on any atom is 0.274 e. The van der Waals surface area contributed by atoms with Gasteiger partial charge in [0.05, 0.1) is 6.20 Å². The number of nitrogens with zero attached hydrogens (tertiary/aromatic N) is 4. The summed E-state index contributed by atoms with van der Waals surface area (Å²) in [5, 5.41) is 0. The monoisotopic (exact) mass is 390 g/mol. The Bertz CT molecular complexity index is 826. The van der Waals surface area contributed by atoms with Crippen LogP contribution in [0.3, 0.4) is 0 Å². The van der Waals surface area contributed by atoms with E-state index in [1.807, 2.05) is 4.90 Å².